The molecule has 0 aromatic carbocycles. The van der Waals surface area contributed by atoms with Gasteiger partial charge >= 0.3 is 5.97 Å². The Morgan fingerprint density at radius 1 is 1.21 bits per heavy atom. The minimum atomic E-state index is -0.780. The molecule has 0 spiro atoms. The Bertz CT molecular complexity index is 352. The van der Waals surface area contributed by atoms with E-state index < -0.39 is 11.5 Å². The summed E-state index contributed by atoms with van der Waals surface area (Å²) >= 11 is 0. The van der Waals surface area contributed by atoms with E-state index in [1.807, 2.05) is 25.9 Å². The minimum absolute atomic E-state index is 0.562. The van der Waals surface area contributed by atoms with Crippen LogP contribution in [-0.2, 0) is 4.79 Å². The number of allylic oxidation sites excluding steroid dienone is 3. The van der Waals surface area contributed by atoms with Crippen LogP contribution in [-0.4, -0.2) is 35.6 Å². The summed E-state index contributed by atoms with van der Waals surface area (Å²) in [5, 5.41) is 9.48. The van der Waals surface area contributed by atoms with E-state index >= 15 is 0 Å². The van der Waals surface area contributed by atoms with Crippen molar-refractivity contribution in [1.82, 2.24) is 4.90 Å². The molecule has 1 atom stereocenters. The number of carboxylic acid groups (broad SMARTS) is 1. The van der Waals surface area contributed by atoms with Crippen LogP contribution in [0.1, 0.15) is 53.4 Å². The molecule has 0 heterocycles. The molecular formula is C16H29NO2. The van der Waals surface area contributed by atoms with Gasteiger partial charge in [-0.3, -0.25) is 9.69 Å². The standard InChI is InChI=1S/C16H29NO2/c1-7-16(15(18)19,17(5)6)12-11-14(4)10-8-9-13(2)3/h9,11H,7-8,10,12H2,1-6H3,(H,18,19)/b14-11+. The molecule has 3 heteroatoms. The highest BCUT2D eigenvalue weighted by molar-refractivity contribution is 5.79. The average molecular weight is 267 g/mol. The molecule has 0 radical (unpaired) electrons. The van der Waals surface area contributed by atoms with Gasteiger partial charge < -0.3 is 5.11 Å². The maximum absolute atomic E-state index is 11.5. The second-order valence-corrected chi connectivity index (χ2v) is 5.66. The second kappa shape index (κ2) is 8.16. The summed E-state index contributed by atoms with van der Waals surface area (Å²) in [6.07, 6.45) is 7.49. The first-order valence-electron chi connectivity index (χ1n) is 6.96. The van der Waals surface area contributed by atoms with Crippen molar-refractivity contribution in [2.45, 2.75) is 58.9 Å². The Morgan fingerprint density at radius 3 is 2.16 bits per heavy atom. The van der Waals surface area contributed by atoms with Crippen LogP contribution < -0.4 is 0 Å². The van der Waals surface area contributed by atoms with Gasteiger partial charge in [-0.25, -0.2) is 0 Å². The quantitative estimate of drug-likeness (QED) is 0.679. The van der Waals surface area contributed by atoms with Crippen LogP contribution in [0.25, 0.3) is 0 Å². The van der Waals surface area contributed by atoms with Crippen LogP contribution >= 0.6 is 0 Å². The fourth-order valence-corrected chi connectivity index (χ4v) is 2.11. The van der Waals surface area contributed by atoms with Gasteiger partial charge in [0.05, 0.1) is 0 Å². The number of hydrogen-bond donors (Lipinski definition) is 1. The number of rotatable bonds is 8. The molecule has 0 saturated heterocycles. The van der Waals surface area contributed by atoms with Gasteiger partial charge in [0, 0.05) is 0 Å². The van der Waals surface area contributed by atoms with Crippen molar-refractivity contribution in [2.24, 2.45) is 0 Å². The third kappa shape index (κ3) is 5.60. The van der Waals surface area contributed by atoms with Gasteiger partial charge in [-0.05, 0) is 60.5 Å². The Labute approximate surface area is 118 Å². The summed E-state index contributed by atoms with van der Waals surface area (Å²) in [4.78, 5) is 13.3. The summed E-state index contributed by atoms with van der Waals surface area (Å²) in [5.41, 5.74) is 1.81. The maximum Gasteiger partial charge on any atom is 0.324 e. The molecule has 0 aromatic heterocycles. The summed E-state index contributed by atoms with van der Waals surface area (Å²) in [5.74, 6) is -0.742. The molecule has 19 heavy (non-hydrogen) atoms. The Balaban J connectivity index is 4.70. The van der Waals surface area contributed by atoms with Gasteiger partial charge in [0.15, 0.2) is 0 Å². The lowest BCUT2D eigenvalue weighted by atomic mass is 9.89. The number of aliphatic carboxylic acids is 1. The van der Waals surface area contributed by atoms with Crippen molar-refractivity contribution in [3.63, 3.8) is 0 Å². The van der Waals surface area contributed by atoms with E-state index in [0.717, 1.165) is 12.8 Å². The fraction of sp³-hybridized carbons (Fsp3) is 0.688. The molecule has 0 fully saturated rings. The van der Waals surface area contributed by atoms with Crippen molar-refractivity contribution in [2.75, 3.05) is 14.1 Å². The van der Waals surface area contributed by atoms with Crippen LogP contribution in [0.2, 0.25) is 0 Å². The lowest BCUT2D eigenvalue weighted by Crippen LogP contribution is -2.50. The first kappa shape index (κ1) is 17.9. The zero-order chi connectivity index (χ0) is 15.1. The molecule has 0 aliphatic rings. The van der Waals surface area contributed by atoms with E-state index in [2.05, 4.69) is 32.9 Å². The molecule has 0 amide bonds. The number of carboxylic acids is 1. The SMILES string of the molecule is CCC(C/C=C(\C)CCC=C(C)C)(C(=O)O)N(C)C. The van der Waals surface area contributed by atoms with Crippen LogP contribution in [0.3, 0.4) is 0 Å². The highest BCUT2D eigenvalue weighted by atomic mass is 16.4. The molecule has 0 saturated carbocycles. The molecular weight excluding hydrogens is 238 g/mol. The van der Waals surface area contributed by atoms with Crippen LogP contribution in [0.4, 0.5) is 0 Å². The molecule has 110 valence electrons. The zero-order valence-electron chi connectivity index (χ0n) is 13.3. The van der Waals surface area contributed by atoms with Gasteiger partial charge in [-0.2, -0.15) is 0 Å². The van der Waals surface area contributed by atoms with E-state index in [-0.39, 0.29) is 0 Å². The fourth-order valence-electron chi connectivity index (χ4n) is 2.11. The molecule has 0 rings (SSSR count). The smallest absolute Gasteiger partial charge is 0.324 e. The monoisotopic (exact) mass is 267 g/mol. The van der Waals surface area contributed by atoms with Gasteiger partial charge in [-0.15, -0.1) is 0 Å². The van der Waals surface area contributed by atoms with Crippen LogP contribution in [0.5, 0.6) is 0 Å². The lowest BCUT2D eigenvalue weighted by Gasteiger charge is -2.34. The number of likely N-dealkylation sites (N-methyl/N-ethyl adjacent to an activating group) is 1. The van der Waals surface area contributed by atoms with E-state index in [4.69, 9.17) is 0 Å². The van der Waals surface area contributed by atoms with Crippen molar-refractivity contribution in [3.05, 3.63) is 23.3 Å². The molecule has 3 nitrogen and oxygen atoms in total. The number of hydrogen-bond acceptors (Lipinski definition) is 2. The third-order valence-corrected chi connectivity index (χ3v) is 3.72. The van der Waals surface area contributed by atoms with Gasteiger partial charge in [0.2, 0.25) is 0 Å². The highest BCUT2D eigenvalue weighted by Crippen LogP contribution is 2.24. The average Bonchev–Trinajstić information content (AvgIpc) is 2.28. The topological polar surface area (TPSA) is 40.5 Å². The predicted molar refractivity (Wildman–Crippen MR) is 81.4 cm³/mol. The van der Waals surface area contributed by atoms with Gasteiger partial charge in [0.25, 0.3) is 0 Å². The molecule has 0 aromatic rings. The Hall–Kier alpha value is -1.09. The van der Waals surface area contributed by atoms with Crippen molar-refractivity contribution in [1.29, 1.82) is 0 Å². The molecule has 0 aliphatic heterocycles. The molecule has 0 bridgehead atoms. The lowest BCUT2D eigenvalue weighted by molar-refractivity contribution is -0.150. The Kier molecular flexibility index (Phi) is 7.69. The van der Waals surface area contributed by atoms with E-state index in [1.54, 1.807) is 0 Å². The summed E-state index contributed by atoms with van der Waals surface area (Å²) in [6, 6.07) is 0. The summed E-state index contributed by atoms with van der Waals surface area (Å²) in [7, 11) is 3.67. The minimum Gasteiger partial charge on any atom is -0.480 e. The van der Waals surface area contributed by atoms with Gasteiger partial charge in [-0.1, -0.05) is 30.2 Å². The van der Waals surface area contributed by atoms with Crippen LogP contribution in [0.15, 0.2) is 23.3 Å². The molecule has 0 aliphatic carbocycles. The number of carbonyl (C=O) groups is 1. The first-order chi connectivity index (χ1) is 8.76. The molecule has 1 unspecified atom stereocenters. The Morgan fingerprint density at radius 2 is 1.79 bits per heavy atom. The first-order valence-corrected chi connectivity index (χ1v) is 6.96. The highest BCUT2D eigenvalue weighted by Gasteiger charge is 2.37. The van der Waals surface area contributed by atoms with Crippen molar-refractivity contribution in [3.8, 4) is 0 Å². The predicted octanol–water partition coefficient (Wildman–Crippen LogP) is 3.86. The maximum atomic E-state index is 11.5. The van der Waals surface area contributed by atoms with E-state index in [1.165, 1.54) is 11.1 Å². The summed E-state index contributed by atoms with van der Waals surface area (Å²) < 4.78 is 0. The second-order valence-electron chi connectivity index (χ2n) is 5.66. The van der Waals surface area contributed by atoms with Gasteiger partial charge in [0.1, 0.15) is 5.54 Å². The van der Waals surface area contributed by atoms with Crippen molar-refractivity contribution >= 4 is 5.97 Å². The molecule has 1 N–H and O–H groups in total. The third-order valence-electron chi connectivity index (χ3n) is 3.72. The zero-order valence-corrected chi connectivity index (χ0v) is 13.3. The number of nitrogens with zero attached hydrogens (tertiary/aromatic N) is 1. The van der Waals surface area contributed by atoms with Crippen LogP contribution in [0, 0.1) is 0 Å². The summed E-state index contributed by atoms with van der Waals surface area (Å²) in [6.45, 7) is 8.20. The van der Waals surface area contributed by atoms with E-state index in [9.17, 15) is 9.90 Å². The van der Waals surface area contributed by atoms with E-state index in [0.29, 0.717) is 12.8 Å². The largest absolute Gasteiger partial charge is 0.480 e. The normalized spacial score (nSPS) is 15.2. The van der Waals surface area contributed by atoms with Crippen molar-refractivity contribution < 1.29 is 9.90 Å².